The fraction of sp³-hybridized carbons (Fsp3) is 0.214. The Morgan fingerprint density at radius 3 is 2.54 bits per heavy atom. The molecule has 1 fully saturated rings. The van der Waals surface area contributed by atoms with Crippen LogP contribution in [0.3, 0.4) is 0 Å². The Kier molecular flexibility index (Phi) is 6.70. The molecule has 1 saturated heterocycles. The number of Topliss-reactive ketones (excluding diaryl/α,β-unsaturated/α-hetero) is 1. The van der Waals surface area contributed by atoms with Crippen LogP contribution in [0.4, 0.5) is 0 Å². The number of aryl methyl sites for hydroxylation is 1. The molecule has 190 valence electrons. The number of nitrogens with zero attached hydrogens (tertiary/aromatic N) is 2. The number of hydrogen-bond acceptors (Lipinski definition) is 6. The summed E-state index contributed by atoms with van der Waals surface area (Å²) in [4.78, 5) is 29.0. The van der Waals surface area contributed by atoms with Gasteiger partial charge in [-0.25, -0.2) is 0 Å². The third-order valence-electron chi connectivity index (χ3n) is 6.68. The van der Waals surface area contributed by atoms with Crippen LogP contribution >= 0.6 is 22.9 Å². The van der Waals surface area contributed by atoms with E-state index in [1.54, 1.807) is 4.90 Å². The lowest BCUT2D eigenvalue weighted by Gasteiger charge is -2.24. The zero-order valence-corrected chi connectivity index (χ0v) is 22.1. The Bertz CT molecular complexity index is 1540. The number of carbonyl (C=O) groups excluding carboxylic acids is 2. The minimum atomic E-state index is -0.746. The predicted molar refractivity (Wildman–Crippen MR) is 145 cm³/mol. The minimum absolute atomic E-state index is 0.00745. The number of likely N-dealkylation sites (tertiary alicyclic amines) is 1. The van der Waals surface area contributed by atoms with E-state index < -0.39 is 17.7 Å². The molecule has 3 heterocycles. The average Bonchev–Trinajstić information content (AvgIpc) is 3.61. The quantitative estimate of drug-likeness (QED) is 0.190. The third kappa shape index (κ3) is 4.26. The molecule has 1 atom stereocenters. The number of benzene rings is 2. The van der Waals surface area contributed by atoms with Gasteiger partial charge in [0.05, 0.1) is 36.4 Å². The van der Waals surface area contributed by atoms with Gasteiger partial charge in [0, 0.05) is 41.6 Å². The molecule has 0 spiro atoms. The number of rotatable bonds is 7. The molecule has 2 aromatic carbocycles. The van der Waals surface area contributed by atoms with E-state index in [0.29, 0.717) is 23.7 Å². The monoisotopic (exact) mass is 536 g/mol. The van der Waals surface area contributed by atoms with Crippen molar-refractivity contribution in [2.75, 3.05) is 20.8 Å². The van der Waals surface area contributed by atoms with Crippen LogP contribution in [-0.2, 0) is 23.1 Å². The second kappa shape index (κ2) is 9.95. The number of hydrogen-bond donors (Lipinski definition) is 1. The van der Waals surface area contributed by atoms with Crippen LogP contribution in [0, 0.1) is 0 Å². The van der Waals surface area contributed by atoms with E-state index in [9.17, 15) is 14.7 Å². The average molecular weight is 537 g/mol. The summed E-state index contributed by atoms with van der Waals surface area (Å²) in [6.07, 6.45) is 2.60. The van der Waals surface area contributed by atoms with E-state index in [1.807, 2.05) is 49.0 Å². The maximum absolute atomic E-state index is 13.4. The summed E-state index contributed by atoms with van der Waals surface area (Å²) in [5.74, 6) is -1.17. The van der Waals surface area contributed by atoms with Gasteiger partial charge in [-0.2, -0.15) is 0 Å². The molecule has 9 heteroatoms. The topological polar surface area (TPSA) is 81.0 Å². The zero-order valence-electron chi connectivity index (χ0n) is 20.5. The number of halogens is 1. The number of fused-ring (bicyclic) bond motifs is 1. The van der Waals surface area contributed by atoms with Gasteiger partial charge in [0.2, 0.25) is 0 Å². The van der Waals surface area contributed by atoms with E-state index in [2.05, 4.69) is 10.6 Å². The van der Waals surface area contributed by atoms with E-state index >= 15 is 0 Å². The minimum Gasteiger partial charge on any atom is -0.507 e. The van der Waals surface area contributed by atoms with Gasteiger partial charge in [-0.15, -0.1) is 11.3 Å². The first-order valence-electron chi connectivity index (χ1n) is 11.6. The number of carbonyl (C=O) groups is 2. The number of aliphatic hydroxyl groups excluding tert-OH is 1. The summed E-state index contributed by atoms with van der Waals surface area (Å²) in [5, 5.41) is 14.7. The van der Waals surface area contributed by atoms with E-state index in [0.717, 1.165) is 21.3 Å². The second-order valence-corrected chi connectivity index (χ2v) is 10.1. The van der Waals surface area contributed by atoms with Crippen molar-refractivity contribution in [3.05, 3.63) is 86.7 Å². The Hall–Kier alpha value is -3.75. The molecule has 37 heavy (non-hydrogen) atoms. The molecule has 1 aliphatic heterocycles. The molecule has 4 aromatic rings. The Morgan fingerprint density at radius 2 is 1.84 bits per heavy atom. The number of amides is 1. The van der Waals surface area contributed by atoms with Crippen molar-refractivity contribution in [1.29, 1.82) is 0 Å². The molecule has 2 aromatic heterocycles. The van der Waals surface area contributed by atoms with Gasteiger partial charge in [-0.3, -0.25) is 9.59 Å². The van der Waals surface area contributed by atoms with E-state index in [4.69, 9.17) is 21.1 Å². The summed E-state index contributed by atoms with van der Waals surface area (Å²) in [6, 6.07) is 14.1. The van der Waals surface area contributed by atoms with Crippen molar-refractivity contribution < 1.29 is 24.2 Å². The number of ether oxygens (including phenoxy) is 2. The summed E-state index contributed by atoms with van der Waals surface area (Å²) in [5.41, 5.74) is 2.40. The number of para-hydroxylation sites is 1. The SMILES string of the molecule is COc1cc(/C(O)=C2\C(=O)C(=O)N(CCc3cn(C)c4ccccc34)C2c2cccs2)c(OC)cc1Cl. The van der Waals surface area contributed by atoms with Crippen LogP contribution in [-0.4, -0.2) is 47.0 Å². The molecule has 0 bridgehead atoms. The van der Waals surface area contributed by atoms with Crippen molar-refractivity contribution >= 4 is 51.3 Å². The number of aromatic nitrogens is 1. The molecule has 1 aliphatic rings. The normalized spacial score (nSPS) is 17.1. The first-order chi connectivity index (χ1) is 17.8. The zero-order chi connectivity index (χ0) is 26.3. The second-order valence-electron chi connectivity index (χ2n) is 8.73. The van der Waals surface area contributed by atoms with Gasteiger partial charge in [-0.1, -0.05) is 35.9 Å². The van der Waals surface area contributed by atoms with Crippen LogP contribution in [0.25, 0.3) is 16.7 Å². The molecule has 0 aliphatic carbocycles. The fourth-order valence-electron chi connectivity index (χ4n) is 4.91. The Labute approximate surface area is 223 Å². The van der Waals surface area contributed by atoms with Gasteiger partial charge in [0.1, 0.15) is 17.3 Å². The van der Waals surface area contributed by atoms with Crippen LogP contribution in [0.1, 0.15) is 22.0 Å². The molecule has 5 rings (SSSR count). The van der Waals surface area contributed by atoms with Gasteiger partial charge < -0.3 is 24.0 Å². The van der Waals surface area contributed by atoms with E-state index in [-0.39, 0.29) is 22.6 Å². The van der Waals surface area contributed by atoms with Crippen molar-refractivity contribution in [3.63, 3.8) is 0 Å². The van der Waals surface area contributed by atoms with Crippen molar-refractivity contribution in [3.8, 4) is 11.5 Å². The molecular formula is C28H25ClN2O5S. The maximum atomic E-state index is 13.4. The molecule has 0 saturated carbocycles. The van der Waals surface area contributed by atoms with Gasteiger partial charge in [-0.05, 0) is 35.6 Å². The molecule has 1 amide bonds. The molecule has 1 N–H and O–H groups in total. The first-order valence-corrected chi connectivity index (χ1v) is 12.9. The van der Waals surface area contributed by atoms with E-state index in [1.165, 1.54) is 37.7 Å². The molecular weight excluding hydrogens is 512 g/mol. The molecule has 7 nitrogen and oxygen atoms in total. The van der Waals surface area contributed by atoms with Crippen LogP contribution in [0.5, 0.6) is 11.5 Å². The summed E-state index contributed by atoms with van der Waals surface area (Å²) in [6.45, 7) is 0.305. The highest BCUT2D eigenvalue weighted by Gasteiger charge is 2.46. The number of methoxy groups -OCH3 is 2. The first kappa shape index (κ1) is 24.9. The standard InChI is InChI=1S/C28H25ClN2O5S/c1-30-15-16(17-7-4-5-8-20(17)30)10-11-31-25(23-9-6-12-37-23)24(27(33)28(31)34)26(32)18-13-22(36-3)19(29)14-21(18)35-2/h4-9,12-15,25,32H,10-11H2,1-3H3/b26-24+. The summed E-state index contributed by atoms with van der Waals surface area (Å²) >= 11 is 7.66. The highest BCUT2D eigenvalue weighted by Crippen LogP contribution is 2.44. The number of ketones is 1. The van der Waals surface area contributed by atoms with Gasteiger partial charge in [0.15, 0.2) is 0 Å². The van der Waals surface area contributed by atoms with Crippen molar-refractivity contribution in [2.24, 2.45) is 7.05 Å². The smallest absolute Gasteiger partial charge is 0.295 e. The number of thiophene rings is 1. The third-order valence-corrected chi connectivity index (χ3v) is 7.90. The Morgan fingerprint density at radius 1 is 1.08 bits per heavy atom. The summed E-state index contributed by atoms with van der Waals surface area (Å²) < 4.78 is 12.8. The molecule has 0 radical (unpaired) electrons. The Balaban J connectivity index is 1.59. The maximum Gasteiger partial charge on any atom is 0.295 e. The molecule has 1 unspecified atom stereocenters. The van der Waals surface area contributed by atoms with Crippen LogP contribution in [0.15, 0.2) is 65.7 Å². The lowest BCUT2D eigenvalue weighted by Crippen LogP contribution is -2.31. The van der Waals surface area contributed by atoms with Gasteiger partial charge >= 0.3 is 0 Å². The van der Waals surface area contributed by atoms with Crippen LogP contribution < -0.4 is 9.47 Å². The predicted octanol–water partition coefficient (Wildman–Crippen LogP) is 5.57. The lowest BCUT2D eigenvalue weighted by atomic mass is 9.99. The largest absolute Gasteiger partial charge is 0.507 e. The highest BCUT2D eigenvalue weighted by molar-refractivity contribution is 7.10. The number of aliphatic hydroxyl groups is 1. The van der Waals surface area contributed by atoms with Gasteiger partial charge in [0.25, 0.3) is 11.7 Å². The van der Waals surface area contributed by atoms with Crippen LogP contribution in [0.2, 0.25) is 5.02 Å². The fourth-order valence-corrected chi connectivity index (χ4v) is 5.99. The summed E-state index contributed by atoms with van der Waals surface area (Å²) in [7, 11) is 4.88. The van der Waals surface area contributed by atoms with Crippen molar-refractivity contribution in [1.82, 2.24) is 9.47 Å². The van der Waals surface area contributed by atoms with Crippen molar-refractivity contribution in [2.45, 2.75) is 12.5 Å². The highest BCUT2D eigenvalue weighted by atomic mass is 35.5. The lowest BCUT2D eigenvalue weighted by molar-refractivity contribution is -0.139.